The maximum Gasteiger partial charge on any atom is 0.249 e. The molecule has 2 fully saturated rings. The number of hydrogen-bond donors (Lipinski definition) is 2. The van der Waals surface area contributed by atoms with Gasteiger partial charge in [-0.3, -0.25) is 4.79 Å². The summed E-state index contributed by atoms with van der Waals surface area (Å²) in [7, 11) is 0. The smallest absolute Gasteiger partial charge is 0.249 e. The van der Waals surface area contributed by atoms with E-state index >= 15 is 0 Å². The van der Waals surface area contributed by atoms with Gasteiger partial charge < -0.3 is 20.7 Å². The van der Waals surface area contributed by atoms with E-state index in [1.807, 2.05) is 0 Å². The van der Waals surface area contributed by atoms with Gasteiger partial charge in [0, 0.05) is 19.1 Å². The van der Waals surface area contributed by atoms with Gasteiger partial charge in [0.05, 0.1) is 6.10 Å². The number of likely N-dealkylation sites (tertiary alicyclic amines) is 1. The molecule has 2 rings (SSSR count). The molecular weight excluding hydrogens is 230 g/mol. The molecule has 0 spiro atoms. The van der Waals surface area contributed by atoms with Gasteiger partial charge in [0.25, 0.3) is 0 Å². The highest BCUT2D eigenvalue weighted by atomic mass is 16.5. The SMILES string of the molecule is CCN1CCCC(NC(=O)C2CCC(CN)O2)C1. The molecule has 2 heterocycles. The van der Waals surface area contributed by atoms with E-state index in [0.29, 0.717) is 6.54 Å². The summed E-state index contributed by atoms with van der Waals surface area (Å²) in [6, 6.07) is 0.284. The molecule has 2 aliphatic rings. The van der Waals surface area contributed by atoms with Crippen LogP contribution in [0.2, 0.25) is 0 Å². The fraction of sp³-hybridized carbons (Fsp3) is 0.923. The number of amides is 1. The van der Waals surface area contributed by atoms with Crippen LogP contribution in [0.25, 0.3) is 0 Å². The van der Waals surface area contributed by atoms with Crippen molar-refractivity contribution in [3.05, 3.63) is 0 Å². The van der Waals surface area contributed by atoms with Crippen molar-refractivity contribution in [2.45, 2.75) is 50.9 Å². The predicted molar refractivity (Wildman–Crippen MR) is 70.2 cm³/mol. The molecule has 3 atom stereocenters. The normalized spacial score (nSPS) is 33.6. The summed E-state index contributed by atoms with van der Waals surface area (Å²) in [5.41, 5.74) is 5.55. The van der Waals surface area contributed by atoms with E-state index in [1.54, 1.807) is 0 Å². The van der Waals surface area contributed by atoms with E-state index in [9.17, 15) is 4.79 Å². The fourth-order valence-corrected chi connectivity index (χ4v) is 2.83. The van der Waals surface area contributed by atoms with Crippen LogP contribution in [-0.4, -0.2) is 55.2 Å². The van der Waals surface area contributed by atoms with Crippen LogP contribution >= 0.6 is 0 Å². The average Bonchev–Trinajstić information content (AvgIpc) is 2.88. The number of rotatable bonds is 4. The van der Waals surface area contributed by atoms with Gasteiger partial charge in [0.2, 0.25) is 5.91 Å². The average molecular weight is 255 g/mol. The van der Waals surface area contributed by atoms with Gasteiger partial charge in [0.1, 0.15) is 6.10 Å². The molecule has 5 heteroatoms. The van der Waals surface area contributed by atoms with Crippen molar-refractivity contribution in [1.29, 1.82) is 0 Å². The number of nitrogens with two attached hydrogens (primary N) is 1. The molecule has 0 radical (unpaired) electrons. The third-order valence-corrected chi connectivity index (χ3v) is 3.96. The van der Waals surface area contributed by atoms with Crippen molar-refractivity contribution in [3.63, 3.8) is 0 Å². The molecular formula is C13H25N3O2. The zero-order valence-electron chi connectivity index (χ0n) is 11.2. The lowest BCUT2D eigenvalue weighted by molar-refractivity contribution is -0.133. The van der Waals surface area contributed by atoms with Crippen LogP contribution in [-0.2, 0) is 9.53 Å². The minimum Gasteiger partial charge on any atom is -0.364 e. The van der Waals surface area contributed by atoms with Gasteiger partial charge in [-0.15, -0.1) is 0 Å². The zero-order valence-corrected chi connectivity index (χ0v) is 11.2. The summed E-state index contributed by atoms with van der Waals surface area (Å²) in [4.78, 5) is 14.5. The number of piperidine rings is 1. The largest absolute Gasteiger partial charge is 0.364 e. The van der Waals surface area contributed by atoms with Crippen molar-refractivity contribution < 1.29 is 9.53 Å². The minimum absolute atomic E-state index is 0.0499. The van der Waals surface area contributed by atoms with Gasteiger partial charge in [-0.05, 0) is 38.8 Å². The summed E-state index contributed by atoms with van der Waals surface area (Å²) < 4.78 is 5.62. The van der Waals surface area contributed by atoms with Crippen molar-refractivity contribution in [2.75, 3.05) is 26.2 Å². The number of nitrogens with zero attached hydrogens (tertiary/aromatic N) is 1. The first-order valence-corrected chi connectivity index (χ1v) is 7.11. The molecule has 1 amide bonds. The first-order valence-electron chi connectivity index (χ1n) is 7.11. The van der Waals surface area contributed by atoms with Crippen LogP contribution in [0, 0.1) is 0 Å². The third kappa shape index (κ3) is 3.43. The fourth-order valence-electron chi connectivity index (χ4n) is 2.83. The topological polar surface area (TPSA) is 67.6 Å². The highest BCUT2D eigenvalue weighted by Gasteiger charge is 2.31. The molecule has 5 nitrogen and oxygen atoms in total. The van der Waals surface area contributed by atoms with Crippen LogP contribution in [0.5, 0.6) is 0 Å². The molecule has 0 bridgehead atoms. The van der Waals surface area contributed by atoms with Crippen molar-refractivity contribution >= 4 is 5.91 Å². The lowest BCUT2D eigenvalue weighted by Crippen LogP contribution is -2.50. The number of carbonyl (C=O) groups is 1. The molecule has 0 aliphatic carbocycles. The Balaban J connectivity index is 1.77. The van der Waals surface area contributed by atoms with Crippen LogP contribution in [0.3, 0.4) is 0 Å². The third-order valence-electron chi connectivity index (χ3n) is 3.96. The van der Waals surface area contributed by atoms with E-state index in [-0.39, 0.29) is 24.2 Å². The number of likely N-dealkylation sites (N-methyl/N-ethyl adjacent to an activating group) is 1. The number of ether oxygens (including phenoxy) is 1. The molecule has 0 aromatic heterocycles. The molecule has 2 aliphatic heterocycles. The van der Waals surface area contributed by atoms with E-state index in [0.717, 1.165) is 45.3 Å². The Morgan fingerprint density at radius 1 is 1.44 bits per heavy atom. The summed E-state index contributed by atoms with van der Waals surface area (Å²) in [5, 5.41) is 3.12. The summed E-state index contributed by atoms with van der Waals surface area (Å²) >= 11 is 0. The monoisotopic (exact) mass is 255 g/mol. The van der Waals surface area contributed by atoms with E-state index in [2.05, 4.69) is 17.1 Å². The Morgan fingerprint density at radius 3 is 2.94 bits per heavy atom. The van der Waals surface area contributed by atoms with E-state index < -0.39 is 0 Å². The van der Waals surface area contributed by atoms with Crippen molar-refractivity contribution in [1.82, 2.24) is 10.2 Å². The standard InChI is InChI=1S/C13H25N3O2/c1-2-16-7-3-4-10(9-16)15-13(17)12-6-5-11(8-14)18-12/h10-12H,2-9,14H2,1H3,(H,15,17). The van der Waals surface area contributed by atoms with Gasteiger partial charge in [-0.25, -0.2) is 0 Å². The Morgan fingerprint density at radius 2 is 2.28 bits per heavy atom. The molecule has 18 heavy (non-hydrogen) atoms. The second kappa shape index (κ2) is 6.50. The Labute approximate surface area is 109 Å². The minimum atomic E-state index is -0.282. The summed E-state index contributed by atoms with van der Waals surface area (Å²) in [5.74, 6) is 0.0499. The lowest BCUT2D eigenvalue weighted by atomic mass is 10.1. The number of carbonyl (C=O) groups excluding carboxylic acids is 1. The Hall–Kier alpha value is -0.650. The van der Waals surface area contributed by atoms with Crippen LogP contribution in [0.1, 0.15) is 32.6 Å². The highest BCUT2D eigenvalue weighted by molar-refractivity contribution is 5.81. The van der Waals surface area contributed by atoms with Crippen molar-refractivity contribution in [2.24, 2.45) is 5.73 Å². The van der Waals surface area contributed by atoms with Gasteiger partial charge in [-0.1, -0.05) is 6.92 Å². The quantitative estimate of drug-likeness (QED) is 0.747. The van der Waals surface area contributed by atoms with Gasteiger partial charge in [-0.2, -0.15) is 0 Å². The molecule has 0 aromatic carbocycles. The summed E-state index contributed by atoms with van der Waals surface area (Å²) in [6.07, 6.45) is 3.73. The van der Waals surface area contributed by atoms with Gasteiger partial charge in [0.15, 0.2) is 0 Å². The second-order valence-corrected chi connectivity index (χ2v) is 5.30. The van der Waals surface area contributed by atoms with E-state index in [4.69, 9.17) is 10.5 Å². The van der Waals surface area contributed by atoms with Gasteiger partial charge >= 0.3 is 0 Å². The van der Waals surface area contributed by atoms with Crippen LogP contribution < -0.4 is 11.1 Å². The molecule has 3 unspecified atom stereocenters. The maximum absolute atomic E-state index is 12.1. The molecule has 104 valence electrons. The predicted octanol–water partition coefficient (Wildman–Crippen LogP) is 0.0932. The Kier molecular flexibility index (Phi) is 4.97. The number of hydrogen-bond acceptors (Lipinski definition) is 4. The van der Waals surface area contributed by atoms with Crippen LogP contribution in [0.4, 0.5) is 0 Å². The Bertz CT molecular complexity index is 285. The second-order valence-electron chi connectivity index (χ2n) is 5.30. The maximum atomic E-state index is 12.1. The molecule has 0 saturated carbocycles. The molecule has 2 saturated heterocycles. The number of nitrogens with one attached hydrogen (secondary N) is 1. The van der Waals surface area contributed by atoms with Crippen LogP contribution in [0.15, 0.2) is 0 Å². The first kappa shape index (κ1) is 13.8. The summed E-state index contributed by atoms with van der Waals surface area (Å²) in [6.45, 7) is 5.85. The van der Waals surface area contributed by atoms with E-state index in [1.165, 1.54) is 0 Å². The van der Waals surface area contributed by atoms with Crippen molar-refractivity contribution in [3.8, 4) is 0 Å². The highest BCUT2D eigenvalue weighted by Crippen LogP contribution is 2.19. The lowest BCUT2D eigenvalue weighted by Gasteiger charge is -2.32. The molecule has 0 aromatic rings. The molecule has 3 N–H and O–H groups in total. The first-order chi connectivity index (χ1) is 8.72. The zero-order chi connectivity index (χ0) is 13.0.